The first-order valence-electron chi connectivity index (χ1n) is 17.3. The number of hydrogen-bond acceptors (Lipinski definition) is 10. The van der Waals surface area contributed by atoms with Crippen molar-refractivity contribution < 1.29 is 29.2 Å². The van der Waals surface area contributed by atoms with Crippen molar-refractivity contribution in [1.29, 1.82) is 0 Å². The number of rotatable bonds is 17. The van der Waals surface area contributed by atoms with Crippen LogP contribution in [0, 0.1) is 0 Å². The van der Waals surface area contributed by atoms with E-state index in [0.717, 1.165) is 76.6 Å². The van der Waals surface area contributed by atoms with E-state index in [0.29, 0.717) is 12.1 Å². The topological polar surface area (TPSA) is 121 Å². The van der Waals surface area contributed by atoms with Crippen LogP contribution in [-0.4, -0.2) is 74.6 Å². The van der Waals surface area contributed by atoms with Gasteiger partial charge in [0.15, 0.2) is 5.65 Å². The molecule has 1 fully saturated rings. The molecule has 5 aromatic rings. The monoisotopic (exact) mass is 698 g/mol. The van der Waals surface area contributed by atoms with Gasteiger partial charge in [0.1, 0.15) is 46.3 Å². The van der Waals surface area contributed by atoms with E-state index in [1.165, 1.54) is 0 Å². The average Bonchev–Trinajstić information content (AvgIpc) is 3.77. The minimum absolute atomic E-state index is 0.114. The third kappa shape index (κ3) is 7.82. The molecule has 4 atom stereocenters. The highest BCUT2D eigenvalue weighted by molar-refractivity contribution is 7.99. The number of benzene rings is 3. The van der Waals surface area contributed by atoms with Crippen LogP contribution in [0.1, 0.15) is 68.4 Å². The summed E-state index contributed by atoms with van der Waals surface area (Å²) in [7, 11) is 3.29. The van der Waals surface area contributed by atoms with Crippen LogP contribution in [0.2, 0.25) is 0 Å². The lowest BCUT2D eigenvalue weighted by Crippen LogP contribution is -2.38. The summed E-state index contributed by atoms with van der Waals surface area (Å²) in [6, 6.07) is 25.8. The number of imidazole rings is 1. The molecule has 1 unspecified atom stereocenters. The summed E-state index contributed by atoms with van der Waals surface area (Å²) in [5, 5.41) is 22.0. The molecule has 50 heavy (non-hydrogen) atoms. The lowest BCUT2D eigenvalue weighted by Gasteiger charge is -2.37. The molecule has 11 heteroatoms. The quantitative estimate of drug-likeness (QED) is 0.0458. The van der Waals surface area contributed by atoms with E-state index >= 15 is 0 Å². The molecule has 1 saturated heterocycles. The Hall–Kier alpha value is -4.00. The van der Waals surface area contributed by atoms with Gasteiger partial charge in [-0.15, -0.1) is 11.8 Å². The molecule has 6 rings (SSSR count). The smallest absolute Gasteiger partial charge is 0.166 e. The summed E-state index contributed by atoms with van der Waals surface area (Å²) < 4.78 is 26.4. The van der Waals surface area contributed by atoms with Gasteiger partial charge in [-0.2, -0.15) is 0 Å². The normalized spacial score (nSPS) is 18.4. The van der Waals surface area contributed by atoms with Crippen molar-refractivity contribution in [2.24, 2.45) is 0 Å². The van der Waals surface area contributed by atoms with Crippen LogP contribution in [-0.2, 0) is 15.1 Å². The van der Waals surface area contributed by atoms with Gasteiger partial charge in [-0.25, -0.2) is 15.0 Å². The highest BCUT2D eigenvalue weighted by Crippen LogP contribution is 2.43. The van der Waals surface area contributed by atoms with Gasteiger partial charge >= 0.3 is 0 Å². The summed E-state index contributed by atoms with van der Waals surface area (Å²) in [6.07, 6.45) is 6.32. The Morgan fingerprint density at radius 2 is 1.54 bits per heavy atom. The minimum atomic E-state index is -1.03. The zero-order valence-electron chi connectivity index (χ0n) is 28.9. The molecular formula is C39H46N4O6S. The lowest BCUT2D eigenvalue weighted by atomic mass is 9.80. The third-order valence-electron chi connectivity index (χ3n) is 9.37. The molecular weight excluding hydrogens is 653 g/mol. The van der Waals surface area contributed by atoms with Crippen molar-refractivity contribution in [3.63, 3.8) is 0 Å². The number of aliphatic hydroxyl groups excluding tert-OH is 2. The predicted molar refractivity (Wildman–Crippen MR) is 194 cm³/mol. The molecule has 1 aliphatic heterocycles. The number of nitrogens with zero attached hydrogens (tertiary/aromatic N) is 4. The van der Waals surface area contributed by atoms with Gasteiger partial charge in [0.25, 0.3) is 0 Å². The summed E-state index contributed by atoms with van der Waals surface area (Å²) in [6.45, 7) is 2.12. The van der Waals surface area contributed by atoms with Crippen LogP contribution in [0.4, 0.5) is 0 Å². The Morgan fingerprint density at radius 3 is 2.18 bits per heavy atom. The lowest BCUT2D eigenvalue weighted by molar-refractivity contribution is -0.0931. The number of unbranched alkanes of at least 4 members (excludes halogenated alkanes) is 2. The molecule has 3 aromatic carbocycles. The van der Waals surface area contributed by atoms with Crippen molar-refractivity contribution >= 4 is 22.9 Å². The fraction of sp³-hybridized carbons (Fsp3) is 0.410. The van der Waals surface area contributed by atoms with Crippen molar-refractivity contribution in [2.75, 3.05) is 26.6 Å². The maximum absolute atomic E-state index is 11.3. The number of thioether (sulfide) groups is 1. The van der Waals surface area contributed by atoms with Crippen molar-refractivity contribution in [3.8, 4) is 11.5 Å². The van der Waals surface area contributed by atoms with Gasteiger partial charge in [-0.3, -0.25) is 4.57 Å². The highest BCUT2D eigenvalue weighted by Gasteiger charge is 2.42. The molecule has 2 aromatic heterocycles. The first-order chi connectivity index (χ1) is 24.5. The van der Waals surface area contributed by atoms with Crippen LogP contribution < -0.4 is 9.47 Å². The van der Waals surface area contributed by atoms with E-state index in [2.05, 4.69) is 15.0 Å². The van der Waals surface area contributed by atoms with Gasteiger partial charge in [-0.05, 0) is 66.0 Å². The van der Waals surface area contributed by atoms with Crippen molar-refractivity contribution in [2.45, 2.75) is 80.6 Å². The van der Waals surface area contributed by atoms with E-state index in [9.17, 15) is 10.2 Å². The number of fused-ring (bicyclic) bond motifs is 1. The molecule has 0 aliphatic carbocycles. The van der Waals surface area contributed by atoms with Crippen LogP contribution in [0.3, 0.4) is 0 Å². The highest BCUT2D eigenvalue weighted by atomic mass is 32.2. The van der Waals surface area contributed by atoms with Crippen molar-refractivity contribution in [1.82, 2.24) is 19.5 Å². The molecule has 0 bridgehead atoms. The molecule has 0 amide bonds. The fourth-order valence-corrected chi connectivity index (χ4v) is 7.44. The Labute approximate surface area is 297 Å². The van der Waals surface area contributed by atoms with E-state index in [-0.39, 0.29) is 12.7 Å². The molecule has 10 nitrogen and oxygen atoms in total. The second kappa shape index (κ2) is 16.8. The molecule has 3 heterocycles. The summed E-state index contributed by atoms with van der Waals surface area (Å²) in [5.41, 5.74) is 3.10. The number of methoxy groups -OCH3 is 2. The van der Waals surface area contributed by atoms with E-state index in [1.54, 1.807) is 38.6 Å². The Morgan fingerprint density at radius 1 is 0.880 bits per heavy atom. The average molecular weight is 699 g/mol. The maximum Gasteiger partial charge on any atom is 0.166 e. The predicted octanol–water partition coefficient (Wildman–Crippen LogP) is 6.92. The SMILES string of the molecule is CCC(O)CCCCCSc1ncnc2c1ncn2[C@H]1C[C@H](O)[C@@H](COC(c2ccccc2)(c2ccc(OC)cc2)c2ccc(OC)cc2)O1. The zero-order valence-corrected chi connectivity index (χ0v) is 29.7. The second-order valence-electron chi connectivity index (χ2n) is 12.5. The van der Waals surface area contributed by atoms with Gasteiger partial charge in [-0.1, -0.05) is 74.4 Å². The first kappa shape index (κ1) is 35.8. The summed E-state index contributed by atoms with van der Waals surface area (Å²) >= 11 is 1.67. The van der Waals surface area contributed by atoms with Crippen molar-refractivity contribution in [3.05, 3.63) is 108 Å². The van der Waals surface area contributed by atoms with Gasteiger partial charge in [0.05, 0.1) is 39.4 Å². The fourth-order valence-electron chi connectivity index (χ4n) is 6.50. The van der Waals surface area contributed by atoms with E-state index in [1.807, 2.05) is 90.4 Å². The van der Waals surface area contributed by atoms with Gasteiger partial charge in [0.2, 0.25) is 0 Å². The first-order valence-corrected chi connectivity index (χ1v) is 18.3. The second-order valence-corrected chi connectivity index (χ2v) is 13.6. The van der Waals surface area contributed by atoms with Crippen LogP contribution in [0.25, 0.3) is 11.2 Å². The molecule has 0 spiro atoms. The van der Waals surface area contributed by atoms with Crippen LogP contribution in [0.5, 0.6) is 11.5 Å². The molecule has 0 radical (unpaired) electrons. The standard InChI is InChI=1S/C39H46N4O6S/c1-4-30(44)13-9-6-10-22-50-38-36-37(40-25-41-38)43(26-42-36)35-23-33(45)34(49-35)24-48-39(27-11-7-5-8-12-27,28-14-18-31(46-2)19-15-28)29-16-20-32(47-3)21-17-29/h5,7-8,11-12,14-21,25-26,30,33-35,44-45H,4,6,9-10,13,22-24H2,1-3H3/t30?,33-,34+,35+/m0/s1. The van der Waals surface area contributed by atoms with Crippen LogP contribution in [0.15, 0.2) is 96.5 Å². The maximum atomic E-state index is 11.3. The number of aromatic nitrogens is 4. The molecule has 1 aliphatic rings. The van der Waals surface area contributed by atoms with Crippen LogP contribution >= 0.6 is 11.8 Å². The molecule has 264 valence electrons. The number of ether oxygens (including phenoxy) is 4. The summed E-state index contributed by atoms with van der Waals surface area (Å²) in [5.74, 6) is 2.39. The number of aliphatic hydroxyl groups is 2. The zero-order chi connectivity index (χ0) is 34.9. The van der Waals surface area contributed by atoms with E-state index < -0.39 is 24.0 Å². The largest absolute Gasteiger partial charge is 0.497 e. The Bertz CT molecular complexity index is 1740. The third-order valence-corrected chi connectivity index (χ3v) is 10.4. The minimum Gasteiger partial charge on any atom is -0.497 e. The summed E-state index contributed by atoms with van der Waals surface area (Å²) in [4.78, 5) is 13.7. The van der Waals surface area contributed by atoms with Gasteiger partial charge < -0.3 is 29.2 Å². The number of hydrogen-bond donors (Lipinski definition) is 2. The van der Waals surface area contributed by atoms with Gasteiger partial charge in [0, 0.05) is 6.42 Å². The van der Waals surface area contributed by atoms with E-state index in [4.69, 9.17) is 18.9 Å². The molecule has 0 saturated carbocycles. The molecule has 2 N–H and O–H groups in total. The Balaban J connectivity index is 1.21. The Kier molecular flexibility index (Phi) is 12.0.